The zero-order chi connectivity index (χ0) is 23.5. The van der Waals surface area contributed by atoms with Crippen LogP contribution < -0.4 is 10.6 Å². The third-order valence-electron chi connectivity index (χ3n) is 4.46. The van der Waals surface area contributed by atoms with E-state index in [0.29, 0.717) is 16.7 Å². The number of hydrogen-bond acceptors (Lipinski definition) is 6. The molecule has 32 heavy (non-hydrogen) atoms. The summed E-state index contributed by atoms with van der Waals surface area (Å²) in [7, 11) is 0. The number of carbonyl (C=O) groups excluding carboxylic acids is 5. The predicted octanol–water partition coefficient (Wildman–Crippen LogP) is 2.26. The summed E-state index contributed by atoms with van der Waals surface area (Å²) in [6.45, 7) is 4.62. The first kappa shape index (κ1) is 22.7. The van der Waals surface area contributed by atoms with Crippen LogP contribution in [0.1, 0.15) is 57.4 Å². The lowest BCUT2D eigenvalue weighted by molar-refractivity contribution is -0.123. The van der Waals surface area contributed by atoms with E-state index in [4.69, 9.17) is 4.74 Å². The molecule has 9 nitrogen and oxygen atoms in total. The Morgan fingerprint density at radius 2 is 1.56 bits per heavy atom. The van der Waals surface area contributed by atoms with Crippen LogP contribution in [0.25, 0.3) is 0 Å². The number of hydrogen-bond donors (Lipinski definition) is 2. The second kappa shape index (κ2) is 9.01. The summed E-state index contributed by atoms with van der Waals surface area (Å²) in [5.41, 5.74) is 0.846. The van der Waals surface area contributed by atoms with Crippen molar-refractivity contribution in [3.63, 3.8) is 0 Å². The largest absolute Gasteiger partial charge is 0.452 e. The van der Waals surface area contributed by atoms with Gasteiger partial charge in [0.05, 0.1) is 23.2 Å². The number of ether oxygens (including phenoxy) is 1. The van der Waals surface area contributed by atoms with Crippen LogP contribution in [0.3, 0.4) is 0 Å². The molecule has 9 heteroatoms. The average Bonchev–Trinajstić information content (AvgIpc) is 2.96. The Labute approximate surface area is 184 Å². The van der Waals surface area contributed by atoms with Crippen molar-refractivity contribution in [3.05, 3.63) is 70.8 Å². The lowest BCUT2D eigenvalue weighted by atomic mass is 10.1. The summed E-state index contributed by atoms with van der Waals surface area (Å²) in [5, 5.41) is 4.63. The van der Waals surface area contributed by atoms with Gasteiger partial charge < -0.3 is 10.1 Å². The topological polar surface area (TPSA) is 122 Å². The standard InChI is InChI=1S/C23H23N3O6/c1-23(2,3)25-22(31)24-18(27)13-32-21(30)15-8-6-7-14(11-15)12-26-19(28)16-9-4-5-10-17(16)20(26)29/h4-11H,12-13H2,1-3H3,(H2,24,25,27,31). The van der Waals surface area contributed by atoms with Gasteiger partial charge in [-0.15, -0.1) is 0 Å². The molecule has 2 N–H and O–H groups in total. The van der Waals surface area contributed by atoms with Crippen molar-refractivity contribution in [2.24, 2.45) is 0 Å². The van der Waals surface area contributed by atoms with Gasteiger partial charge in [-0.1, -0.05) is 24.3 Å². The molecule has 0 radical (unpaired) electrons. The molecule has 0 aromatic heterocycles. The molecule has 5 amide bonds. The zero-order valence-electron chi connectivity index (χ0n) is 17.9. The highest BCUT2D eigenvalue weighted by molar-refractivity contribution is 6.21. The summed E-state index contributed by atoms with van der Waals surface area (Å²) in [6, 6.07) is 12.1. The van der Waals surface area contributed by atoms with Gasteiger partial charge in [0.1, 0.15) is 0 Å². The van der Waals surface area contributed by atoms with E-state index in [1.54, 1.807) is 57.2 Å². The number of amides is 5. The Kier molecular flexibility index (Phi) is 6.38. The number of imide groups is 2. The van der Waals surface area contributed by atoms with Crippen LogP contribution in [-0.2, 0) is 16.1 Å². The molecular weight excluding hydrogens is 414 g/mol. The van der Waals surface area contributed by atoms with Crippen LogP contribution in [-0.4, -0.2) is 46.8 Å². The van der Waals surface area contributed by atoms with E-state index in [1.807, 2.05) is 0 Å². The highest BCUT2D eigenvalue weighted by atomic mass is 16.5. The molecule has 0 aliphatic carbocycles. The average molecular weight is 437 g/mol. The van der Waals surface area contributed by atoms with Gasteiger partial charge in [0.25, 0.3) is 17.7 Å². The van der Waals surface area contributed by atoms with Crippen molar-refractivity contribution < 1.29 is 28.7 Å². The summed E-state index contributed by atoms with van der Waals surface area (Å²) in [4.78, 5) is 62.0. The number of nitrogens with one attached hydrogen (secondary N) is 2. The van der Waals surface area contributed by atoms with Crippen molar-refractivity contribution in [3.8, 4) is 0 Å². The minimum Gasteiger partial charge on any atom is -0.452 e. The molecule has 2 aromatic rings. The van der Waals surface area contributed by atoms with Gasteiger partial charge in [-0.2, -0.15) is 0 Å². The second-order valence-electron chi connectivity index (χ2n) is 8.27. The van der Waals surface area contributed by atoms with E-state index >= 15 is 0 Å². The Hall–Kier alpha value is -4.01. The number of carbonyl (C=O) groups is 5. The molecule has 0 bridgehead atoms. The van der Waals surface area contributed by atoms with Gasteiger partial charge in [-0.3, -0.25) is 24.6 Å². The summed E-state index contributed by atoms with van der Waals surface area (Å²) >= 11 is 0. The molecule has 0 fully saturated rings. The van der Waals surface area contributed by atoms with Crippen LogP contribution in [0.15, 0.2) is 48.5 Å². The molecule has 2 aromatic carbocycles. The Bertz CT molecular complexity index is 1070. The molecule has 1 heterocycles. The molecular formula is C23H23N3O6. The van der Waals surface area contributed by atoms with Crippen LogP contribution in [0.4, 0.5) is 4.79 Å². The van der Waals surface area contributed by atoms with E-state index in [9.17, 15) is 24.0 Å². The molecule has 0 saturated heterocycles. The molecule has 0 unspecified atom stereocenters. The Balaban J connectivity index is 1.59. The Morgan fingerprint density at radius 1 is 0.938 bits per heavy atom. The number of esters is 1. The molecule has 166 valence electrons. The van der Waals surface area contributed by atoms with Gasteiger partial charge in [0, 0.05) is 5.54 Å². The van der Waals surface area contributed by atoms with E-state index in [2.05, 4.69) is 10.6 Å². The van der Waals surface area contributed by atoms with Gasteiger partial charge in [-0.05, 0) is 50.6 Å². The predicted molar refractivity (Wildman–Crippen MR) is 114 cm³/mol. The number of rotatable bonds is 5. The van der Waals surface area contributed by atoms with E-state index < -0.39 is 41.9 Å². The fourth-order valence-corrected chi connectivity index (χ4v) is 3.11. The zero-order valence-corrected chi connectivity index (χ0v) is 17.9. The van der Waals surface area contributed by atoms with Crippen LogP contribution in [0.5, 0.6) is 0 Å². The summed E-state index contributed by atoms with van der Waals surface area (Å²) < 4.78 is 4.96. The number of nitrogens with zero attached hydrogens (tertiary/aromatic N) is 1. The van der Waals surface area contributed by atoms with Gasteiger partial charge in [0.2, 0.25) is 0 Å². The highest BCUT2D eigenvalue weighted by Gasteiger charge is 2.35. The van der Waals surface area contributed by atoms with Crippen molar-refractivity contribution >= 4 is 29.7 Å². The SMILES string of the molecule is CC(C)(C)NC(=O)NC(=O)COC(=O)c1cccc(CN2C(=O)c3ccccc3C2=O)c1. The lowest BCUT2D eigenvalue weighted by Crippen LogP contribution is -2.49. The fraction of sp³-hybridized carbons (Fsp3) is 0.261. The normalized spacial score (nSPS) is 12.9. The molecule has 1 aliphatic heterocycles. The minimum atomic E-state index is -0.777. The van der Waals surface area contributed by atoms with E-state index in [-0.39, 0.29) is 12.1 Å². The van der Waals surface area contributed by atoms with Crippen LogP contribution in [0.2, 0.25) is 0 Å². The van der Waals surface area contributed by atoms with Gasteiger partial charge in [0.15, 0.2) is 6.61 Å². The van der Waals surface area contributed by atoms with E-state index in [0.717, 1.165) is 4.90 Å². The lowest BCUT2D eigenvalue weighted by Gasteiger charge is -2.20. The molecule has 0 saturated carbocycles. The fourth-order valence-electron chi connectivity index (χ4n) is 3.11. The minimum absolute atomic E-state index is 0.0130. The van der Waals surface area contributed by atoms with Crippen molar-refractivity contribution in [1.82, 2.24) is 15.5 Å². The van der Waals surface area contributed by atoms with Crippen molar-refractivity contribution in [2.75, 3.05) is 6.61 Å². The van der Waals surface area contributed by atoms with Crippen molar-refractivity contribution in [1.29, 1.82) is 0 Å². The second-order valence-corrected chi connectivity index (χ2v) is 8.27. The first-order chi connectivity index (χ1) is 15.0. The highest BCUT2D eigenvalue weighted by Crippen LogP contribution is 2.24. The molecule has 0 atom stereocenters. The quantitative estimate of drug-likeness (QED) is 0.547. The van der Waals surface area contributed by atoms with Gasteiger partial charge >= 0.3 is 12.0 Å². The maximum absolute atomic E-state index is 12.5. The maximum atomic E-state index is 12.5. The monoisotopic (exact) mass is 437 g/mol. The summed E-state index contributed by atoms with van der Waals surface area (Å²) in [5.74, 6) is -2.35. The third-order valence-corrected chi connectivity index (χ3v) is 4.46. The van der Waals surface area contributed by atoms with Crippen LogP contribution >= 0.6 is 0 Å². The first-order valence-electron chi connectivity index (χ1n) is 9.88. The van der Waals surface area contributed by atoms with Crippen LogP contribution in [0, 0.1) is 0 Å². The summed E-state index contributed by atoms with van der Waals surface area (Å²) in [6.07, 6.45) is 0. The number of urea groups is 1. The molecule has 1 aliphatic rings. The van der Waals surface area contributed by atoms with E-state index in [1.165, 1.54) is 12.1 Å². The maximum Gasteiger partial charge on any atom is 0.338 e. The first-order valence-corrected chi connectivity index (χ1v) is 9.88. The van der Waals surface area contributed by atoms with Crippen molar-refractivity contribution in [2.45, 2.75) is 32.9 Å². The smallest absolute Gasteiger partial charge is 0.338 e. The van der Waals surface area contributed by atoms with Gasteiger partial charge in [-0.25, -0.2) is 9.59 Å². The number of benzene rings is 2. The molecule has 3 rings (SSSR count). The number of fused-ring (bicyclic) bond motifs is 1. The molecule has 0 spiro atoms. The third kappa shape index (κ3) is 5.37. The Morgan fingerprint density at radius 3 is 2.16 bits per heavy atom.